The van der Waals surface area contributed by atoms with Crippen LogP contribution in [0.5, 0.6) is 5.75 Å². The van der Waals surface area contributed by atoms with Crippen molar-refractivity contribution in [2.45, 2.75) is 46.5 Å². The third kappa shape index (κ3) is 6.07. The Morgan fingerprint density at radius 1 is 1.03 bits per heavy atom. The number of unbranched alkanes of at least 4 members (excludes halogenated alkanes) is 1. The van der Waals surface area contributed by atoms with Crippen LogP contribution in [-0.2, 0) is 0 Å². The fourth-order valence-electron chi connectivity index (χ4n) is 3.68. The Morgan fingerprint density at radius 3 is 2.33 bits per heavy atom. The molecule has 0 bridgehead atoms. The highest BCUT2D eigenvalue weighted by Crippen LogP contribution is 2.23. The lowest BCUT2D eigenvalue weighted by molar-refractivity contribution is 0.0977. The van der Waals surface area contributed by atoms with E-state index in [1.807, 2.05) is 31.2 Å². The first-order chi connectivity index (χ1) is 17.3. The monoisotopic (exact) mass is 501 g/mol. The topological polar surface area (TPSA) is 81.1 Å². The van der Waals surface area contributed by atoms with Crippen LogP contribution in [0, 0.1) is 6.92 Å². The molecule has 1 heterocycles. The summed E-state index contributed by atoms with van der Waals surface area (Å²) in [7, 11) is 0. The van der Waals surface area contributed by atoms with Crippen molar-refractivity contribution in [3.05, 3.63) is 77.4 Å². The van der Waals surface area contributed by atoms with Crippen molar-refractivity contribution < 1.29 is 9.53 Å². The van der Waals surface area contributed by atoms with Crippen LogP contribution < -0.4 is 15.4 Å². The van der Waals surface area contributed by atoms with Gasteiger partial charge in [-0.25, -0.2) is 0 Å². The summed E-state index contributed by atoms with van der Waals surface area (Å²) in [5.74, 6) is 0.920. The van der Waals surface area contributed by atoms with E-state index < -0.39 is 0 Å². The summed E-state index contributed by atoms with van der Waals surface area (Å²) in [6, 6.07) is 19.1. The minimum Gasteiger partial charge on any atom is -0.494 e. The van der Waals surface area contributed by atoms with Crippen LogP contribution in [0.3, 0.4) is 0 Å². The molecule has 2 N–H and O–H groups in total. The molecular formula is C28H31N5O2S. The highest BCUT2D eigenvalue weighted by molar-refractivity contribution is 7.80. The smallest absolute Gasteiger partial charge is 0.257 e. The first-order valence-corrected chi connectivity index (χ1v) is 12.6. The molecule has 36 heavy (non-hydrogen) atoms. The van der Waals surface area contributed by atoms with Crippen LogP contribution in [0.15, 0.2) is 60.7 Å². The third-order valence-corrected chi connectivity index (χ3v) is 6.08. The number of ether oxygens (including phenoxy) is 1. The Labute approximate surface area is 216 Å². The molecule has 0 unspecified atom stereocenters. The largest absolute Gasteiger partial charge is 0.494 e. The molecule has 1 amide bonds. The second kappa shape index (κ2) is 11.3. The zero-order valence-corrected chi connectivity index (χ0v) is 21.9. The second-order valence-electron chi connectivity index (χ2n) is 9.03. The number of carbonyl (C=O) groups excluding carboxylic acids is 1. The molecule has 3 aromatic carbocycles. The number of anilines is 1. The van der Waals surface area contributed by atoms with Gasteiger partial charge >= 0.3 is 0 Å². The first-order valence-electron chi connectivity index (χ1n) is 12.2. The Balaban J connectivity index is 1.42. The van der Waals surface area contributed by atoms with Gasteiger partial charge in [-0.15, -0.1) is 10.2 Å². The van der Waals surface area contributed by atoms with Crippen molar-refractivity contribution in [2.75, 3.05) is 11.9 Å². The molecule has 0 aliphatic heterocycles. The molecule has 0 radical (unpaired) electrons. The van der Waals surface area contributed by atoms with E-state index in [0.717, 1.165) is 46.6 Å². The molecule has 0 aliphatic rings. The molecular weight excluding hydrogens is 470 g/mol. The van der Waals surface area contributed by atoms with E-state index in [1.54, 1.807) is 29.1 Å². The molecule has 0 atom stereocenters. The molecule has 186 valence electrons. The van der Waals surface area contributed by atoms with Gasteiger partial charge in [0.1, 0.15) is 16.8 Å². The van der Waals surface area contributed by atoms with Gasteiger partial charge in [0.25, 0.3) is 5.91 Å². The zero-order valence-electron chi connectivity index (χ0n) is 21.0. The maximum atomic E-state index is 12.6. The highest BCUT2D eigenvalue weighted by atomic mass is 32.1. The Kier molecular flexibility index (Phi) is 7.95. The van der Waals surface area contributed by atoms with Gasteiger partial charge in [-0.05, 0) is 91.1 Å². The van der Waals surface area contributed by atoms with Crippen LogP contribution in [0.4, 0.5) is 5.69 Å². The van der Waals surface area contributed by atoms with E-state index >= 15 is 0 Å². The third-order valence-electron chi connectivity index (χ3n) is 5.88. The maximum Gasteiger partial charge on any atom is 0.257 e. The van der Waals surface area contributed by atoms with Gasteiger partial charge in [-0.2, -0.15) is 4.80 Å². The fraction of sp³-hybridized carbons (Fsp3) is 0.286. The average molecular weight is 502 g/mol. The normalized spacial score (nSPS) is 11.0. The van der Waals surface area contributed by atoms with Gasteiger partial charge in [0, 0.05) is 11.3 Å². The van der Waals surface area contributed by atoms with Gasteiger partial charge in [-0.1, -0.05) is 39.3 Å². The quantitative estimate of drug-likeness (QED) is 0.222. The lowest BCUT2D eigenvalue weighted by atomic mass is 10.0. The molecule has 0 aliphatic carbocycles. The summed E-state index contributed by atoms with van der Waals surface area (Å²) >= 11 is 5.40. The zero-order chi connectivity index (χ0) is 25.7. The molecule has 0 fully saturated rings. The number of rotatable bonds is 8. The summed E-state index contributed by atoms with van der Waals surface area (Å²) in [4.78, 5) is 14.3. The number of thiocarbonyl (C=S) groups is 1. The van der Waals surface area contributed by atoms with E-state index in [4.69, 9.17) is 17.0 Å². The van der Waals surface area contributed by atoms with Gasteiger partial charge in [0.05, 0.1) is 12.3 Å². The summed E-state index contributed by atoms with van der Waals surface area (Å²) < 4.78 is 5.65. The van der Waals surface area contributed by atoms with Gasteiger partial charge < -0.3 is 10.1 Å². The Morgan fingerprint density at radius 2 is 1.69 bits per heavy atom. The van der Waals surface area contributed by atoms with Gasteiger partial charge in [0.15, 0.2) is 5.11 Å². The fourth-order valence-corrected chi connectivity index (χ4v) is 3.88. The number of hydrogen-bond donors (Lipinski definition) is 2. The number of aryl methyl sites for hydroxylation is 1. The van der Waals surface area contributed by atoms with Crippen molar-refractivity contribution in [3.8, 4) is 11.4 Å². The van der Waals surface area contributed by atoms with Crippen LogP contribution in [0.2, 0.25) is 0 Å². The summed E-state index contributed by atoms with van der Waals surface area (Å²) in [6.07, 6.45) is 2.07. The van der Waals surface area contributed by atoms with E-state index in [9.17, 15) is 4.79 Å². The lowest BCUT2D eigenvalue weighted by Crippen LogP contribution is -2.34. The number of nitrogens with zero attached hydrogens (tertiary/aromatic N) is 3. The number of nitrogens with one attached hydrogen (secondary N) is 2. The highest BCUT2D eigenvalue weighted by Gasteiger charge is 2.12. The van der Waals surface area contributed by atoms with Crippen molar-refractivity contribution in [2.24, 2.45) is 0 Å². The predicted molar refractivity (Wildman–Crippen MR) is 148 cm³/mol. The molecule has 8 heteroatoms. The minimum atomic E-state index is -0.290. The number of benzene rings is 3. The molecule has 1 aromatic heterocycles. The minimum absolute atomic E-state index is 0.211. The van der Waals surface area contributed by atoms with Crippen molar-refractivity contribution in [1.29, 1.82) is 0 Å². The number of hydrogen-bond acceptors (Lipinski definition) is 5. The summed E-state index contributed by atoms with van der Waals surface area (Å²) in [6.45, 7) is 9.07. The molecule has 4 aromatic rings. The molecule has 7 nitrogen and oxygen atoms in total. The number of carbonyl (C=O) groups is 1. The van der Waals surface area contributed by atoms with Crippen LogP contribution in [-0.4, -0.2) is 32.6 Å². The van der Waals surface area contributed by atoms with Crippen molar-refractivity contribution >= 4 is 40.0 Å². The first kappa shape index (κ1) is 25.3. The standard InChI is InChI=1S/C28H31N5O2S/c1-5-6-15-35-23-13-9-21(10-14-23)27(34)30-28(36)29-24-17-26-25(16-19(24)4)31-33(32-26)22-11-7-20(8-12-22)18(2)3/h7-14,16-18H,5-6,15H2,1-4H3,(H2,29,30,34,36). The Bertz CT molecular complexity index is 1360. The van der Waals surface area contributed by atoms with Crippen LogP contribution in [0.25, 0.3) is 16.7 Å². The number of amides is 1. The van der Waals surface area contributed by atoms with Crippen LogP contribution >= 0.6 is 12.2 Å². The summed E-state index contributed by atoms with van der Waals surface area (Å²) in [5.41, 5.74) is 5.87. The van der Waals surface area contributed by atoms with Crippen molar-refractivity contribution in [1.82, 2.24) is 20.3 Å². The van der Waals surface area contributed by atoms with E-state index in [-0.39, 0.29) is 11.0 Å². The second-order valence-corrected chi connectivity index (χ2v) is 9.43. The number of aromatic nitrogens is 3. The van der Waals surface area contributed by atoms with Gasteiger partial charge in [0.2, 0.25) is 0 Å². The molecule has 0 saturated heterocycles. The van der Waals surface area contributed by atoms with Crippen LogP contribution in [0.1, 0.15) is 61.0 Å². The van der Waals surface area contributed by atoms with Gasteiger partial charge in [-0.3, -0.25) is 10.1 Å². The van der Waals surface area contributed by atoms with E-state index in [2.05, 4.69) is 53.7 Å². The molecule has 0 spiro atoms. The lowest BCUT2D eigenvalue weighted by Gasteiger charge is -2.12. The van der Waals surface area contributed by atoms with Crippen molar-refractivity contribution in [3.63, 3.8) is 0 Å². The summed E-state index contributed by atoms with van der Waals surface area (Å²) in [5, 5.41) is 15.3. The Hall–Kier alpha value is -3.78. The number of fused-ring (bicyclic) bond motifs is 1. The van der Waals surface area contributed by atoms with E-state index in [1.165, 1.54) is 5.56 Å². The predicted octanol–water partition coefficient (Wildman–Crippen LogP) is 6.16. The molecule has 0 saturated carbocycles. The SMILES string of the molecule is CCCCOc1ccc(C(=O)NC(=S)Nc2cc3nn(-c4ccc(C(C)C)cc4)nc3cc2C)cc1. The van der Waals surface area contributed by atoms with E-state index in [0.29, 0.717) is 18.1 Å². The average Bonchev–Trinajstić information content (AvgIpc) is 3.27. The maximum absolute atomic E-state index is 12.6. The molecule has 4 rings (SSSR count).